The van der Waals surface area contributed by atoms with Gasteiger partial charge in [-0.25, -0.2) is 23.4 Å². The number of fused-ring (bicyclic) bond motifs is 1. The van der Waals surface area contributed by atoms with Crippen molar-refractivity contribution in [2.45, 2.75) is 31.2 Å². The molecule has 7 heteroatoms. The second-order valence-corrected chi connectivity index (χ2v) is 7.96. The van der Waals surface area contributed by atoms with Gasteiger partial charge in [-0.15, -0.1) is 0 Å². The summed E-state index contributed by atoms with van der Waals surface area (Å²) in [5.41, 5.74) is 1.66. The van der Waals surface area contributed by atoms with Crippen molar-refractivity contribution in [1.29, 1.82) is 0 Å². The quantitative estimate of drug-likeness (QED) is 0.755. The molecule has 0 saturated carbocycles. The first-order valence-electron chi connectivity index (χ1n) is 8.04. The fraction of sp³-hybridized carbons (Fsp3) is 0.278. The zero-order valence-corrected chi connectivity index (χ0v) is 15.2. The molecular formula is C18H20N4O2S. The summed E-state index contributed by atoms with van der Waals surface area (Å²) >= 11 is 0. The molecule has 0 fully saturated rings. The minimum Gasteiger partial charge on any atom is -0.363 e. The highest BCUT2D eigenvalue weighted by Crippen LogP contribution is 2.26. The topological polar surface area (TPSA) is 84.8 Å². The molecule has 0 bridgehead atoms. The van der Waals surface area contributed by atoms with Gasteiger partial charge in [0.1, 0.15) is 11.6 Å². The van der Waals surface area contributed by atoms with Crippen LogP contribution in [0.25, 0.3) is 11.0 Å². The fourth-order valence-corrected chi connectivity index (χ4v) is 3.35. The smallest absolute Gasteiger partial charge is 0.175 e. The van der Waals surface area contributed by atoms with Crippen LogP contribution in [-0.4, -0.2) is 29.6 Å². The van der Waals surface area contributed by atoms with Gasteiger partial charge in [0.25, 0.3) is 0 Å². The van der Waals surface area contributed by atoms with Crippen molar-refractivity contribution >= 4 is 26.7 Å². The average molecular weight is 356 g/mol. The third-order valence-corrected chi connectivity index (χ3v) is 5.14. The molecule has 6 nitrogen and oxygen atoms in total. The maximum Gasteiger partial charge on any atom is 0.175 e. The number of nitrogens with one attached hydrogen (secondary N) is 1. The highest BCUT2D eigenvalue weighted by Gasteiger charge is 2.14. The Hall–Kier alpha value is -2.54. The fourth-order valence-electron chi connectivity index (χ4n) is 2.71. The number of rotatable bonds is 5. The number of sulfone groups is 1. The van der Waals surface area contributed by atoms with Crippen LogP contribution in [0.3, 0.4) is 0 Å². The Morgan fingerprint density at radius 2 is 1.84 bits per heavy atom. The van der Waals surface area contributed by atoms with Crippen molar-refractivity contribution in [3.63, 3.8) is 0 Å². The number of pyridine rings is 1. The van der Waals surface area contributed by atoms with E-state index in [1.54, 1.807) is 18.3 Å². The van der Waals surface area contributed by atoms with Crippen LogP contribution in [0, 0.1) is 6.92 Å². The maximum atomic E-state index is 11.6. The Labute approximate surface area is 147 Å². The molecule has 0 amide bonds. The average Bonchev–Trinajstić information content (AvgIpc) is 2.58. The first-order chi connectivity index (χ1) is 11.9. The van der Waals surface area contributed by atoms with Crippen molar-refractivity contribution in [3.8, 4) is 0 Å². The Bertz CT molecular complexity index is 1000. The lowest BCUT2D eigenvalue weighted by Gasteiger charge is -2.19. The van der Waals surface area contributed by atoms with Gasteiger partial charge in [-0.2, -0.15) is 0 Å². The molecule has 130 valence electrons. The van der Waals surface area contributed by atoms with E-state index >= 15 is 0 Å². The van der Waals surface area contributed by atoms with Gasteiger partial charge in [0.05, 0.1) is 16.3 Å². The summed E-state index contributed by atoms with van der Waals surface area (Å²) in [6, 6.07) is 10.8. The molecule has 3 rings (SSSR count). The minimum atomic E-state index is -3.19. The molecule has 0 aliphatic heterocycles. The Kier molecular flexibility index (Phi) is 4.67. The predicted molar refractivity (Wildman–Crippen MR) is 98.3 cm³/mol. The van der Waals surface area contributed by atoms with Gasteiger partial charge in [0.2, 0.25) is 0 Å². The predicted octanol–water partition coefficient (Wildman–Crippen LogP) is 3.30. The molecule has 2 aromatic heterocycles. The first-order valence-corrected chi connectivity index (χ1v) is 9.93. The largest absolute Gasteiger partial charge is 0.363 e. The Morgan fingerprint density at radius 1 is 1.12 bits per heavy atom. The summed E-state index contributed by atoms with van der Waals surface area (Å²) < 4.78 is 23.2. The summed E-state index contributed by atoms with van der Waals surface area (Å²) in [5, 5.41) is 4.31. The number of nitrogens with zero attached hydrogens (tertiary/aromatic N) is 3. The Balaban J connectivity index is 1.95. The summed E-state index contributed by atoms with van der Waals surface area (Å²) in [4.78, 5) is 13.5. The van der Waals surface area contributed by atoms with Gasteiger partial charge in [-0.05, 0) is 43.2 Å². The second kappa shape index (κ2) is 6.76. The zero-order chi connectivity index (χ0) is 18.0. The number of benzene rings is 1. The van der Waals surface area contributed by atoms with Crippen LogP contribution in [-0.2, 0) is 9.84 Å². The molecular weight excluding hydrogens is 336 g/mol. The number of aromatic nitrogens is 3. The molecule has 0 aliphatic rings. The van der Waals surface area contributed by atoms with Crippen molar-refractivity contribution in [2.24, 2.45) is 0 Å². The molecule has 1 N–H and O–H groups in total. The molecule has 3 aromatic rings. The minimum absolute atomic E-state index is 0.00585. The van der Waals surface area contributed by atoms with Crippen molar-refractivity contribution in [3.05, 3.63) is 54.0 Å². The molecule has 0 spiro atoms. The van der Waals surface area contributed by atoms with E-state index < -0.39 is 9.84 Å². The number of hydrogen-bond donors (Lipinski definition) is 1. The zero-order valence-electron chi connectivity index (χ0n) is 14.4. The van der Waals surface area contributed by atoms with Gasteiger partial charge >= 0.3 is 0 Å². The number of aryl methyl sites for hydroxylation is 1. The van der Waals surface area contributed by atoms with Crippen LogP contribution in [0.5, 0.6) is 0 Å². The van der Waals surface area contributed by atoms with Crippen molar-refractivity contribution < 1.29 is 8.42 Å². The molecule has 0 saturated heterocycles. The summed E-state index contributed by atoms with van der Waals surface area (Å²) in [6.45, 7) is 3.90. The van der Waals surface area contributed by atoms with Crippen molar-refractivity contribution in [1.82, 2.24) is 15.0 Å². The number of hydrogen-bond acceptors (Lipinski definition) is 6. The SMILES string of the molecule is CC[C@H](Nc1nc(C)nc2ncccc12)c1ccc(S(C)(=O)=O)cc1. The molecule has 0 aliphatic carbocycles. The lowest BCUT2D eigenvalue weighted by atomic mass is 10.0. The second-order valence-electron chi connectivity index (χ2n) is 5.94. The first kappa shape index (κ1) is 17.3. The summed E-state index contributed by atoms with van der Waals surface area (Å²) in [5.74, 6) is 1.38. The van der Waals surface area contributed by atoms with Crippen LogP contribution in [0.4, 0.5) is 5.82 Å². The molecule has 0 unspecified atom stereocenters. The molecule has 25 heavy (non-hydrogen) atoms. The normalized spacial score (nSPS) is 12.9. The van der Waals surface area contributed by atoms with Crippen LogP contribution in [0.2, 0.25) is 0 Å². The third kappa shape index (κ3) is 3.76. The highest BCUT2D eigenvalue weighted by atomic mass is 32.2. The van der Waals surface area contributed by atoms with Crippen LogP contribution in [0.15, 0.2) is 47.5 Å². The van der Waals surface area contributed by atoms with E-state index in [4.69, 9.17) is 0 Å². The molecule has 0 radical (unpaired) electrons. The molecule has 2 heterocycles. The van der Waals surface area contributed by atoms with E-state index in [2.05, 4.69) is 27.2 Å². The van der Waals surface area contributed by atoms with Gasteiger partial charge in [0.15, 0.2) is 15.5 Å². The summed E-state index contributed by atoms with van der Waals surface area (Å²) in [6.07, 6.45) is 3.74. The van der Waals surface area contributed by atoms with E-state index in [1.165, 1.54) is 6.26 Å². The standard InChI is InChI=1S/C18H20N4O2S/c1-4-16(13-7-9-14(10-8-13)25(3,23)24)22-18-15-6-5-11-19-17(15)20-12(2)21-18/h5-11,16H,4H2,1-3H3,(H,19,20,21,22)/t16-/m0/s1. The highest BCUT2D eigenvalue weighted by molar-refractivity contribution is 7.90. The van der Waals surface area contributed by atoms with Gasteiger partial charge in [-0.3, -0.25) is 0 Å². The lowest BCUT2D eigenvalue weighted by molar-refractivity contribution is 0.601. The Morgan fingerprint density at radius 3 is 2.48 bits per heavy atom. The van der Waals surface area contributed by atoms with Crippen molar-refractivity contribution in [2.75, 3.05) is 11.6 Å². The number of anilines is 1. The lowest BCUT2D eigenvalue weighted by Crippen LogP contribution is -2.12. The van der Waals surface area contributed by atoms with Crippen LogP contribution >= 0.6 is 0 Å². The van der Waals surface area contributed by atoms with Gasteiger partial charge in [0, 0.05) is 12.5 Å². The van der Waals surface area contributed by atoms with Crippen LogP contribution in [0.1, 0.15) is 30.8 Å². The van der Waals surface area contributed by atoms with Gasteiger partial charge < -0.3 is 5.32 Å². The van der Waals surface area contributed by atoms with E-state index in [1.807, 2.05) is 31.2 Å². The molecule has 1 atom stereocenters. The van der Waals surface area contributed by atoms with Gasteiger partial charge in [-0.1, -0.05) is 19.1 Å². The van der Waals surface area contributed by atoms with Crippen LogP contribution < -0.4 is 5.32 Å². The van der Waals surface area contributed by atoms with E-state index in [-0.39, 0.29) is 6.04 Å². The van der Waals surface area contributed by atoms with E-state index in [0.717, 1.165) is 23.2 Å². The molecule has 1 aromatic carbocycles. The third-order valence-electron chi connectivity index (χ3n) is 4.01. The summed E-state index contributed by atoms with van der Waals surface area (Å²) in [7, 11) is -3.19. The van der Waals surface area contributed by atoms with E-state index in [0.29, 0.717) is 16.4 Å². The maximum absolute atomic E-state index is 11.6. The monoisotopic (exact) mass is 356 g/mol. The van der Waals surface area contributed by atoms with E-state index in [9.17, 15) is 8.42 Å².